The van der Waals surface area contributed by atoms with E-state index in [-0.39, 0.29) is 35.7 Å². The number of carbonyl (C=O) groups excluding carboxylic acids is 2. The van der Waals surface area contributed by atoms with Gasteiger partial charge in [0.1, 0.15) is 12.9 Å². The minimum atomic E-state index is -2.96. The van der Waals surface area contributed by atoms with Gasteiger partial charge in [0.15, 0.2) is 17.3 Å². The molecule has 3 heterocycles. The molecular formula is C34H36ClF4N9O3. The quantitative estimate of drug-likeness (QED) is 0.159. The number of hydrogen-bond acceptors (Lipinski definition) is 8. The lowest BCUT2D eigenvalue weighted by Gasteiger charge is -2.35. The lowest BCUT2D eigenvalue weighted by molar-refractivity contribution is -0.135. The molecule has 1 aliphatic heterocycles. The molecular weight excluding hydrogens is 694 g/mol. The molecule has 2 aromatic heterocycles. The van der Waals surface area contributed by atoms with E-state index in [4.69, 9.17) is 27.1 Å². The van der Waals surface area contributed by atoms with Crippen LogP contribution in [-0.2, 0) is 15.1 Å². The topological polar surface area (TPSA) is 146 Å². The molecule has 2 aromatic carbocycles. The minimum Gasteiger partial charge on any atom is -0.447 e. The number of nitrogens with zero attached hydrogens (tertiary/aromatic N) is 7. The van der Waals surface area contributed by atoms with E-state index in [1.54, 1.807) is 30.3 Å². The first kappa shape index (κ1) is 35.8. The number of aromatic nitrogens is 5. The molecule has 270 valence electrons. The lowest BCUT2D eigenvalue weighted by atomic mass is 9.75. The van der Waals surface area contributed by atoms with Crippen LogP contribution < -0.4 is 11.1 Å². The molecule has 17 heteroatoms. The molecule has 1 fully saturated rings. The Bertz CT molecular complexity index is 1940. The molecule has 2 aliphatic rings. The van der Waals surface area contributed by atoms with Crippen LogP contribution >= 0.6 is 11.6 Å². The van der Waals surface area contributed by atoms with Gasteiger partial charge in [-0.25, -0.2) is 32.9 Å². The highest BCUT2D eigenvalue weighted by Gasteiger charge is 2.53. The van der Waals surface area contributed by atoms with Gasteiger partial charge in [-0.15, -0.1) is 0 Å². The number of hydrogen-bond donors (Lipinski definition) is 2. The molecule has 3 N–H and O–H groups in total. The van der Waals surface area contributed by atoms with Gasteiger partial charge >= 0.3 is 12.6 Å². The van der Waals surface area contributed by atoms with Crippen LogP contribution in [0, 0.1) is 5.41 Å². The van der Waals surface area contributed by atoms with Gasteiger partial charge < -0.3 is 15.8 Å². The number of guanidine groups is 1. The van der Waals surface area contributed by atoms with Crippen LogP contribution in [0.15, 0.2) is 66.2 Å². The van der Waals surface area contributed by atoms with Gasteiger partial charge in [-0.05, 0) is 59.9 Å². The van der Waals surface area contributed by atoms with Crippen LogP contribution in [0.3, 0.4) is 0 Å². The van der Waals surface area contributed by atoms with Crippen molar-refractivity contribution < 1.29 is 31.9 Å². The second kappa shape index (κ2) is 14.0. The highest BCUT2D eigenvalue weighted by Crippen LogP contribution is 2.45. The number of aliphatic imine (C=N–C) groups is 1. The van der Waals surface area contributed by atoms with E-state index in [2.05, 4.69) is 20.5 Å². The zero-order chi connectivity index (χ0) is 36.7. The van der Waals surface area contributed by atoms with Gasteiger partial charge in [-0.1, -0.05) is 62.7 Å². The Morgan fingerprint density at radius 2 is 1.82 bits per heavy atom. The van der Waals surface area contributed by atoms with E-state index in [9.17, 15) is 27.2 Å². The van der Waals surface area contributed by atoms with Gasteiger partial charge in [0.25, 0.3) is 12.3 Å². The van der Waals surface area contributed by atoms with Gasteiger partial charge in [0.05, 0.1) is 22.9 Å². The van der Waals surface area contributed by atoms with E-state index in [1.165, 1.54) is 29.4 Å². The van der Waals surface area contributed by atoms with E-state index >= 15 is 0 Å². The van der Waals surface area contributed by atoms with E-state index in [1.807, 2.05) is 20.8 Å². The Morgan fingerprint density at radius 1 is 1.10 bits per heavy atom. The number of rotatable bonds is 11. The summed E-state index contributed by atoms with van der Waals surface area (Å²) in [6, 6.07) is 10.1. The summed E-state index contributed by atoms with van der Waals surface area (Å²) in [5.41, 5.74) is 6.52. The van der Waals surface area contributed by atoms with Crippen molar-refractivity contribution >= 4 is 29.6 Å². The molecule has 0 spiro atoms. The normalized spacial score (nSPS) is 18.7. The van der Waals surface area contributed by atoms with Crippen molar-refractivity contribution in [3.8, 4) is 16.8 Å². The summed E-state index contributed by atoms with van der Waals surface area (Å²) in [7, 11) is 0. The van der Waals surface area contributed by atoms with Gasteiger partial charge in [0.2, 0.25) is 0 Å². The number of nitrogens with one attached hydrogen (secondary N) is 1. The highest BCUT2D eigenvalue weighted by atomic mass is 35.5. The van der Waals surface area contributed by atoms with Crippen molar-refractivity contribution in [2.75, 3.05) is 6.61 Å². The molecule has 12 nitrogen and oxygen atoms in total. The molecule has 6 rings (SSSR count). The number of halogens is 5. The van der Waals surface area contributed by atoms with Gasteiger partial charge in [-0.3, -0.25) is 9.69 Å². The molecule has 4 aromatic rings. The largest absolute Gasteiger partial charge is 0.447 e. The van der Waals surface area contributed by atoms with Crippen molar-refractivity contribution in [1.29, 1.82) is 0 Å². The minimum absolute atomic E-state index is 0.0228. The molecule has 0 bridgehead atoms. The number of benzene rings is 2. The summed E-state index contributed by atoms with van der Waals surface area (Å²) in [6.45, 7) is 2.66. The van der Waals surface area contributed by atoms with Crippen LogP contribution in [0.5, 0.6) is 0 Å². The number of alkyl carbamates (subject to hydrolysis) is 1. The summed E-state index contributed by atoms with van der Waals surface area (Å²) in [4.78, 5) is 37.4. The van der Waals surface area contributed by atoms with Crippen molar-refractivity contribution in [3.05, 3.63) is 83.2 Å². The molecule has 2 amide bonds. The summed E-state index contributed by atoms with van der Waals surface area (Å²) in [6.07, 6.45) is 2.68. The Morgan fingerprint density at radius 3 is 2.43 bits per heavy atom. The lowest BCUT2D eigenvalue weighted by Crippen LogP contribution is -2.48. The third kappa shape index (κ3) is 7.27. The van der Waals surface area contributed by atoms with E-state index in [0.29, 0.717) is 26.9 Å². The Hall–Kier alpha value is -4.99. The Kier molecular flexibility index (Phi) is 9.81. The first-order valence-electron chi connectivity index (χ1n) is 16.2. The fourth-order valence-corrected chi connectivity index (χ4v) is 6.52. The summed E-state index contributed by atoms with van der Waals surface area (Å²) >= 11 is 6.46. The smallest absolute Gasteiger partial charge is 0.407 e. The van der Waals surface area contributed by atoms with Crippen LogP contribution in [0.2, 0.25) is 5.02 Å². The molecule has 2 atom stereocenters. The first-order chi connectivity index (χ1) is 24.2. The standard InChI is InChI=1S/C34H36ClF4N9O3/c1-33(2,3)17-34(22-10-7-19(8-11-22)21-14-42-46(15-21)30(38)39)29(49)47(31(40)45-34)26(16-51-32(50)44-23-5-4-6-23)20-9-12-24(35)25(13-20)48-28(27(36)37)41-18-43-48/h7-15,18,23,26-27,30H,4-6,16-17H2,1-3H3,(H2,40,45)(H,44,50)/t26-,34-/m1/s1. The summed E-state index contributed by atoms with van der Waals surface area (Å²) in [5.74, 6) is -1.33. The fraction of sp³-hybridized carbons (Fsp3) is 0.412. The predicted octanol–water partition coefficient (Wildman–Crippen LogP) is 6.93. The maximum atomic E-state index is 14.9. The number of nitrogens with two attached hydrogens (primary N) is 1. The highest BCUT2D eigenvalue weighted by molar-refractivity contribution is 6.32. The van der Waals surface area contributed by atoms with Gasteiger partial charge in [0, 0.05) is 17.8 Å². The zero-order valence-corrected chi connectivity index (χ0v) is 28.7. The molecule has 1 aliphatic carbocycles. The monoisotopic (exact) mass is 729 g/mol. The number of amides is 2. The third-order valence-electron chi connectivity index (χ3n) is 8.87. The second-order valence-electron chi connectivity index (χ2n) is 13.7. The zero-order valence-electron chi connectivity index (χ0n) is 27.9. The number of ether oxygens (including phenoxy) is 1. The van der Waals surface area contributed by atoms with Crippen LogP contribution in [-0.4, -0.2) is 60.1 Å². The van der Waals surface area contributed by atoms with Gasteiger partial charge in [-0.2, -0.15) is 19.0 Å². The van der Waals surface area contributed by atoms with Crippen LogP contribution in [0.1, 0.15) is 82.4 Å². The second-order valence-corrected chi connectivity index (χ2v) is 14.1. The molecule has 0 saturated heterocycles. The molecule has 0 unspecified atom stereocenters. The Labute approximate surface area is 295 Å². The van der Waals surface area contributed by atoms with Crippen molar-refractivity contribution in [1.82, 2.24) is 34.8 Å². The van der Waals surface area contributed by atoms with E-state index < -0.39 is 47.8 Å². The van der Waals surface area contributed by atoms with Crippen molar-refractivity contribution in [2.24, 2.45) is 16.1 Å². The van der Waals surface area contributed by atoms with Crippen LogP contribution in [0.25, 0.3) is 16.8 Å². The average molecular weight is 730 g/mol. The first-order valence-corrected chi connectivity index (χ1v) is 16.6. The molecule has 0 radical (unpaired) electrons. The number of alkyl halides is 4. The van der Waals surface area contributed by atoms with Crippen molar-refractivity contribution in [2.45, 2.75) is 77.1 Å². The third-order valence-corrected chi connectivity index (χ3v) is 9.19. The molecule has 1 saturated carbocycles. The van der Waals surface area contributed by atoms with E-state index in [0.717, 1.165) is 30.3 Å². The van der Waals surface area contributed by atoms with Crippen molar-refractivity contribution in [3.63, 3.8) is 0 Å². The maximum absolute atomic E-state index is 14.9. The molecule has 51 heavy (non-hydrogen) atoms. The average Bonchev–Trinajstić information content (AvgIpc) is 3.79. The Balaban J connectivity index is 1.40. The maximum Gasteiger partial charge on any atom is 0.407 e. The number of carbonyl (C=O) groups is 2. The predicted molar refractivity (Wildman–Crippen MR) is 179 cm³/mol. The fourth-order valence-electron chi connectivity index (χ4n) is 6.33. The summed E-state index contributed by atoms with van der Waals surface area (Å²) < 4.78 is 61.1. The summed E-state index contributed by atoms with van der Waals surface area (Å²) in [5, 5.41) is 10.5. The van der Waals surface area contributed by atoms with Crippen LogP contribution in [0.4, 0.5) is 22.4 Å². The SMILES string of the molecule is CC(C)(C)C[C@]1(c2ccc(-c3cnn(C(F)F)c3)cc2)N=C(N)N([C@H](COC(=O)NC2CCC2)c2ccc(Cl)c(-n3ncnc3C(F)F)c2)C1=O.